The maximum Gasteiger partial charge on any atom is 0.00978 e. The summed E-state index contributed by atoms with van der Waals surface area (Å²) < 4.78 is 0. The van der Waals surface area contributed by atoms with Crippen molar-refractivity contribution in [2.24, 2.45) is 23.7 Å². The van der Waals surface area contributed by atoms with Crippen LogP contribution in [0.5, 0.6) is 0 Å². The first-order valence-corrected chi connectivity index (χ1v) is 5.93. The molecule has 5 unspecified atom stereocenters. The highest BCUT2D eigenvalue weighted by molar-refractivity contribution is 4.98. The number of hydrogen-bond donors (Lipinski definition) is 1. The molecule has 2 aliphatic rings. The highest BCUT2D eigenvalue weighted by Gasteiger charge is 2.46. The maximum absolute atomic E-state index is 3.52. The fraction of sp³-hybridized carbons (Fsp3) is 1.00. The average Bonchev–Trinajstić information content (AvgIpc) is 2.72. The van der Waals surface area contributed by atoms with Gasteiger partial charge in [-0.2, -0.15) is 0 Å². The summed E-state index contributed by atoms with van der Waals surface area (Å²) in [6, 6.07) is 0.833. The van der Waals surface area contributed by atoms with Crippen molar-refractivity contribution in [3.05, 3.63) is 0 Å². The Morgan fingerprint density at radius 2 is 1.85 bits per heavy atom. The smallest absolute Gasteiger partial charge is 0.00978 e. The second-order valence-corrected chi connectivity index (χ2v) is 5.18. The van der Waals surface area contributed by atoms with Gasteiger partial charge in [0.25, 0.3) is 0 Å². The Kier molecular flexibility index (Phi) is 2.64. The summed E-state index contributed by atoms with van der Waals surface area (Å²) in [5.74, 6) is 4.10. The molecule has 0 aromatic rings. The van der Waals surface area contributed by atoms with Crippen LogP contribution in [0.15, 0.2) is 0 Å². The van der Waals surface area contributed by atoms with E-state index in [1.54, 1.807) is 0 Å². The van der Waals surface area contributed by atoms with Crippen LogP contribution in [-0.4, -0.2) is 13.1 Å². The largest absolute Gasteiger partial charge is 0.317 e. The zero-order valence-corrected chi connectivity index (χ0v) is 9.22. The molecule has 2 fully saturated rings. The first-order chi connectivity index (χ1) is 6.26. The zero-order valence-electron chi connectivity index (χ0n) is 9.22. The first kappa shape index (κ1) is 9.51. The van der Waals surface area contributed by atoms with E-state index in [4.69, 9.17) is 0 Å². The van der Waals surface area contributed by atoms with Crippen LogP contribution in [0, 0.1) is 23.7 Å². The van der Waals surface area contributed by atoms with Gasteiger partial charge in [0.15, 0.2) is 0 Å². The van der Waals surface area contributed by atoms with Crippen LogP contribution in [0.2, 0.25) is 0 Å². The van der Waals surface area contributed by atoms with Crippen molar-refractivity contribution in [2.45, 2.75) is 45.6 Å². The minimum atomic E-state index is 0.833. The van der Waals surface area contributed by atoms with Crippen molar-refractivity contribution in [2.75, 3.05) is 7.05 Å². The van der Waals surface area contributed by atoms with Crippen LogP contribution < -0.4 is 5.32 Å². The molecule has 0 heterocycles. The fourth-order valence-corrected chi connectivity index (χ4v) is 3.27. The van der Waals surface area contributed by atoms with E-state index >= 15 is 0 Å². The van der Waals surface area contributed by atoms with E-state index < -0.39 is 0 Å². The third-order valence-corrected chi connectivity index (χ3v) is 4.38. The lowest BCUT2D eigenvalue weighted by molar-refractivity contribution is 0.365. The predicted octanol–water partition coefficient (Wildman–Crippen LogP) is 2.67. The molecular formula is C12H23N. The average molecular weight is 181 g/mol. The van der Waals surface area contributed by atoms with Gasteiger partial charge in [-0.25, -0.2) is 0 Å². The molecule has 0 amide bonds. The molecule has 1 heteroatoms. The Hall–Kier alpha value is -0.0400. The Morgan fingerprint density at radius 3 is 2.31 bits per heavy atom. The molecular weight excluding hydrogens is 158 g/mol. The molecule has 0 radical (unpaired) electrons. The summed E-state index contributed by atoms with van der Waals surface area (Å²) in [6.45, 7) is 4.76. The summed E-state index contributed by atoms with van der Waals surface area (Å²) >= 11 is 0. The van der Waals surface area contributed by atoms with Crippen molar-refractivity contribution in [3.8, 4) is 0 Å². The molecule has 2 saturated carbocycles. The second-order valence-electron chi connectivity index (χ2n) is 5.18. The minimum absolute atomic E-state index is 0.833. The molecule has 13 heavy (non-hydrogen) atoms. The van der Waals surface area contributed by atoms with E-state index in [1.165, 1.54) is 25.7 Å². The summed E-state index contributed by atoms with van der Waals surface area (Å²) in [5, 5.41) is 3.52. The van der Waals surface area contributed by atoms with Gasteiger partial charge in [-0.1, -0.05) is 20.3 Å². The van der Waals surface area contributed by atoms with E-state index in [-0.39, 0.29) is 0 Å². The molecule has 0 bridgehead atoms. The summed E-state index contributed by atoms with van der Waals surface area (Å²) in [7, 11) is 2.14. The lowest BCUT2D eigenvalue weighted by atomic mass is 9.95. The third-order valence-electron chi connectivity index (χ3n) is 4.38. The van der Waals surface area contributed by atoms with Gasteiger partial charge >= 0.3 is 0 Å². The van der Waals surface area contributed by atoms with Gasteiger partial charge in [-0.3, -0.25) is 0 Å². The molecule has 5 atom stereocenters. The monoisotopic (exact) mass is 181 g/mol. The molecule has 0 aromatic heterocycles. The Labute approximate surface area is 82.3 Å². The van der Waals surface area contributed by atoms with Gasteiger partial charge in [0.1, 0.15) is 0 Å². The quantitative estimate of drug-likeness (QED) is 0.706. The summed E-state index contributed by atoms with van der Waals surface area (Å²) in [5.41, 5.74) is 0. The van der Waals surface area contributed by atoms with Gasteiger partial charge < -0.3 is 5.32 Å². The summed E-state index contributed by atoms with van der Waals surface area (Å²) in [6.07, 6.45) is 5.81. The number of rotatable bonds is 3. The van der Waals surface area contributed by atoms with Gasteiger partial charge in [-0.05, 0) is 50.0 Å². The van der Waals surface area contributed by atoms with Crippen LogP contribution in [0.3, 0.4) is 0 Å². The van der Waals surface area contributed by atoms with Crippen LogP contribution in [0.25, 0.3) is 0 Å². The first-order valence-electron chi connectivity index (χ1n) is 5.93. The molecule has 2 aliphatic carbocycles. The molecule has 0 aromatic carbocycles. The van der Waals surface area contributed by atoms with E-state index in [1.807, 2.05) is 0 Å². The molecule has 0 spiro atoms. The Balaban J connectivity index is 1.93. The number of hydrogen-bond acceptors (Lipinski definition) is 1. The van der Waals surface area contributed by atoms with Crippen LogP contribution >= 0.6 is 0 Å². The predicted molar refractivity (Wildman–Crippen MR) is 56.6 cm³/mol. The minimum Gasteiger partial charge on any atom is -0.317 e. The van der Waals surface area contributed by atoms with Crippen molar-refractivity contribution in [1.29, 1.82) is 0 Å². The highest BCUT2D eigenvalue weighted by Crippen LogP contribution is 2.51. The van der Waals surface area contributed by atoms with Gasteiger partial charge in [0, 0.05) is 6.04 Å². The van der Waals surface area contributed by atoms with Gasteiger partial charge in [0.05, 0.1) is 0 Å². The van der Waals surface area contributed by atoms with Crippen molar-refractivity contribution in [3.63, 3.8) is 0 Å². The molecule has 2 rings (SSSR count). The fourth-order valence-electron chi connectivity index (χ4n) is 3.27. The van der Waals surface area contributed by atoms with E-state index in [0.29, 0.717) is 0 Å². The third kappa shape index (κ3) is 1.76. The van der Waals surface area contributed by atoms with E-state index in [9.17, 15) is 0 Å². The number of nitrogens with one attached hydrogen (secondary N) is 1. The Bertz CT molecular complexity index is 178. The van der Waals surface area contributed by atoms with Gasteiger partial charge in [0.2, 0.25) is 0 Å². The van der Waals surface area contributed by atoms with Crippen molar-refractivity contribution >= 4 is 0 Å². The maximum atomic E-state index is 3.52. The van der Waals surface area contributed by atoms with Crippen molar-refractivity contribution in [1.82, 2.24) is 5.32 Å². The Morgan fingerprint density at radius 1 is 1.15 bits per heavy atom. The normalized spacial score (nSPS) is 49.6. The molecule has 1 nitrogen and oxygen atoms in total. The SMILES string of the molecule is CCC1CC(NC)C(C2CC2C)C1. The van der Waals surface area contributed by atoms with Crippen LogP contribution in [0.4, 0.5) is 0 Å². The molecule has 1 N–H and O–H groups in total. The molecule has 0 aliphatic heterocycles. The van der Waals surface area contributed by atoms with E-state index in [2.05, 4.69) is 26.2 Å². The second kappa shape index (κ2) is 3.61. The lowest BCUT2D eigenvalue weighted by Crippen LogP contribution is -2.30. The molecule has 76 valence electrons. The lowest BCUT2D eigenvalue weighted by Gasteiger charge is -2.18. The zero-order chi connectivity index (χ0) is 9.42. The topological polar surface area (TPSA) is 12.0 Å². The van der Waals surface area contributed by atoms with Gasteiger partial charge in [-0.15, -0.1) is 0 Å². The van der Waals surface area contributed by atoms with Crippen molar-refractivity contribution < 1.29 is 0 Å². The van der Waals surface area contributed by atoms with Crippen LogP contribution in [-0.2, 0) is 0 Å². The molecule has 0 saturated heterocycles. The summed E-state index contributed by atoms with van der Waals surface area (Å²) in [4.78, 5) is 0. The standard InChI is InChI=1S/C12H23N/c1-4-9-6-11(10-5-8(10)2)12(7-9)13-3/h8-13H,4-7H2,1-3H3. The highest BCUT2D eigenvalue weighted by atomic mass is 14.9. The van der Waals surface area contributed by atoms with E-state index in [0.717, 1.165) is 29.7 Å². The van der Waals surface area contributed by atoms with Crippen LogP contribution in [0.1, 0.15) is 39.5 Å².